The van der Waals surface area contributed by atoms with Gasteiger partial charge in [-0.05, 0) is 37.5 Å². The molecule has 1 aliphatic heterocycles. The molecule has 0 radical (unpaired) electrons. The number of carbonyl (C=O) groups excluding carboxylic acids is 3. The molecule has 1 aromatic rings. The molecule has 48 heavy (non-hydrogen) atoms. The largest absolute Gasteiger partial charge is 0.480 e. The molecule has 1 atom stereocenters. The molecule has 1 unspecified atom stereocenters. The fourth-order valence-corrected chi connectivity index (χ4v) is 5.06. The summed E-state index contributed by atoms with van der Waals surface area (Å²) in [5.74, 6) is -5.39. The van der Waals surface area contributed by atoms with E-state index in [1.165, 1.54) is 6.92 Å². The minimum atomic E-state index is -1.23. The Balaban J connectivity index is 1.96. The number of nitrogens with one attached hydrogen (secondary N) is 2. The summed E-state index contributed by atoms with van der Waals surface area (Å²) in [6.07, 6.45) is 0.455. The second-order valence-electron chi connectivity index (χ2n) is 11.7. The molecule has 1 aliphatic rings. The van der Waals surface area contributed by atoms with Gasteiger partial charge in [-0.1, -0.05) is 12.1 Å². The van der Waals surface area contributed by atoms with Crippen molar-refractivity contribution in [2.24, 2.45) is 0 Å². The molecule has 0 saturated carbocycles. The molecule has 0 spiro atoms. The van der Waals surface area contributed by atoms with Crippen LogP contribution >= 0.6 is 0 Å². The highest BCUT2D eigenvalue weighted by Gasteiger charge is 2.22. The molecule has 2 amide bonds. The Morgan fingerprint density at radius 3 is 1.46 bits per heavy atom. The first-order valence-electron chi connectivity index (χ1n) is 15.6. The van der Waals surface area contributed by atoms with Crippen molar-refractivity contribution in [3.8, 4) is 0 Å². The standard InChI is InChI=1S/C31H46N6O11/c1-22(38)2-7-25(31(47)48)33-30(46)24-5-3-23(4-6-24)8-9-32-26(39)18-34-10-12-35(19-27(40)41)14-16-37(21-29(44)45)17-15-36(13-11-34)20-28(42)43/h3-6,25H,2,7-21H2,1H3,(H,32,39)(H,33,46)(H,40,41)(H,42,43)(H,44,45)(H,47,48). The number of nitrogens with zero attached hydrogens (tertiary/aromatic N) is 4. The second kappa shape index (κ2) is 20.7. The predicted molar refractivity (Wildman–Crippen MR) is 171 cm³/mol. The lowest BCUT2D eigenvalue weighted by Gasteiger charge is -2.32. The van der Waals surface area contributed by atoms with Gasteiger partial charge in [0.05, 0.1) is 26.2 Å². The van der Waals surface area contributed by atoms with Gasteiger partial charge in [-0.3, -0.25) is 43.6 Å². The molecule has 0 aromatic heterocycles. The molecule has 1 heterocycles. The van der Waals surface area contributed by atoms with Crippen LogP contribution in [0.1, 0.15) is 35.7 Å². The number of carboxylic acids is 4. The number of benzene rings is 1. The highest BCUT2D eigenvalue weighted by atomic mass is 16.4. The number of amides is 2. The Bertz CT molecular complexity index is 1240. The zero-order valence-corrected chi connectivity index (χ0v) is 27.1. The maximum absolute atomic E-state index is 12.9. The van der Waals surface area contributed by atoms with Crippen molar-refractivity contribution < 1.29 is 54.0 Å². The maximum Gasteiger partial charge on any atom is 0.326 e. The third-order valence-electron chi connectivity index (χ3n) is 7.71. The number of hydrogen-bond acceptors (Lipinski definition) is 11. The first-order valence-corrected chi connectivity index (χ1v) is 15.6. The predicted octanol–water partition coefficient (Wildman–Crippen LogP) is -1.63. The monoisotopic (exact) mass is 678 g/mol. The molecule has 17 heteroatoms. The average Bonchev–Trinajstić information content (AvgIpc) is 2.99. The molecule has 266 valence electrons. The van der Waals surface area contributed by atoms with Crippen molar-refractivity contribution in [1.29, 1.82) is 0 Å². The molecule has 1 fully saturated rings. The number of Topliss-reactive ketones (excluding diaryl/α,β-unsaturated/α-hetero) is 1. The molecule has 17 nitrogen and oxygen atoms in total. The van der Waals surface area contributed by atoms with Gasteiger partial charge < -0.3 is 35.9 Å². The third-order valence-corrected chi connectivity index (χ3v) is 7.71. The lowest BCUT2D eigenvalue weighted by Crippen LogP contribution is -2.49. The summed E-state index contributed by atoms with van der Waals surface area (Å²) >= 11 is 0. The molecule has 1 saturated heterocycles. The molecular formula is C31H46N6O11. The van der Waals surface area contributed by atoms with Crippen molar-refractivity contribution in [1.82, 2.24) is 30.2 Å². The van der Waals surface area contributed by atoms with Crippen molar-refractivity contribution >= 4 is 41.5 Å². The SMILES string of the molecule is CC(=O)CCC(NC(=O)c1ccc(CCNC(=O)CN2CCN(CC(=O)O)CCN(CC(=O)O)CCN(CC(=O)O)CC2)cc1)C(=O)O. The Labute approximate surface area is 278 Å². The van der Waals surface area contributed by atoms with Gasteiger partial charge in [-0.2, -0.15) is 0 Å². The van der Waals surface area contributed by atoms with Crippen molar-refractivity contribution in [2.45, 2.75) is 32.2 Å². The minimum Gasteiger partial charge on any atom is -0.480 e. The van der Waals surface area contributed by atoms with E-state index in [-0.39, 0.29) is 89.0 Å². The van der Waals surface area contributed by atoms with Crippen molar-refractivity contribution in [2.75, 3.05) is 85.1 Å². The van der Waals surface area contributed by atoms with Crippen LogP contribution in [0, 0.1) is 0 Å². The van der Waals surface area contributed by atoms with Gasteiger partial charge in [0.2, 0.25) is 5.91 Å². The Morgan fingerprint density at radius 1 is 0.667 bits per heavy atom. The Hall–Kier alpha value is -4.45. The third kappa shape index (κ3) is 16.4. The fraction of sp³-hybridized carbons (Fsp3) is 0.581. The van der Waals surface area contributed by atoms with Crippen LogP contribution in [-0.4, -0.2) is 173 Å². The average molecular weight is 679 g/mol. The van der Waals surface area contributed by atoms with Crippen LogP contribution in [0.5, 0.6) is 0 Å². The van der Waals surface area contributed by atoms with E-state index in [1.54, 1.807) is 39.0 Å². The Kier molecular flexibility index (Phi) is 17.1. The van der Waals surface area contributed by atoms with Crippen LogP contribution in [-0.2, 0) is 35.2 Å². The Morgan fingerprint density at radius 2 is 1.08 bits per heavy atom. The maximum atomic E-state index is 12.9. The molecule has 6 N–H and O–H groups in total. The van der Waals surface area contributed by atoms with E-state index in [0.717, 1.165) is 5.56 Å². The quantitative estimate of drug-likeness (QED) is 0.109. The van der Waals surface area contributed by atoms with E-state index in [0.29, 0.717) is 32.6 Å². The number of aliphatic carboxylic acids is 4. The van der Waals surface area contributed by atoms with E-state index in [9.17, 15) is 54.0 Å². The first kappa shape index (κ1) is 39.7. The molecule has 0 bridgehead atoms. The zero-order valence-electron chi connectivity index (χ0n) is 27.1. The van der Waals surface area contributed by atoms with Crippen LogP contribution in [0.4, 0.5) is 0 Å². The van der Waals surface area contributed by atoms with E-state index < -0.39 is 35.8 Å². The molecule has 1 aromatic carbocycles. The summed E-state index contributed by atoms with van der Waals surface area (Å²) in [5.41, 5.74) is 1.06. The molecular weight excluding hydrogens is 632 g/mol. The summed E-state index contributed by atoms with van der Waals surface area (Å²) in [6, 6.07) is 5.27. The van der Waals surface area contributed by atoms with Gasteiger partial charge in [0.25, 0.3) is 5.91 Å². The van der Waals surface area contributed by atoms with Crippen LogP contribution < -0.4 is 10.6 Å². The van der Waals surface area contributed by atoms with Crippen molar-refractivity contribution in [3.63, 3.8) is 0 Å². The molecule has 0 aliphatic carbocycles. The van der Waals surface area contributed by atoms with Crippen LogP contribution in [0.2, 0.25) is 0 Å². The van der Waals surface area contributed by atoms with Crippen LogP contribution in [0.3, 0.4) is 0 Å². The van der Waals surface area contributed by atoms with Crippen LogP contribution in [0.25, 0.3) is 0 Å². The van der Waals surface area contributed by atoms with Gasteiger partial charge in [-0.25, -0.2) is 4.79 Å². The van der Waals surface area contributed by atoms with Gasteiger partial charge in [0.15, 0.2) is 0 Å². The number of ketones is 1. The normalized spacial score (nSPS) is 16.5. The van der Waals surface area contributed by atoms with Gasteiger partial charge >= 0.3 is 23.9 Å². The summed E-state index contributed by atoms with van der Waals surface area (Å²) in [4.78, 5) is 89.1. The number of rotatable bonds is 17. The highest BCUT2D eigenvalue weighted by molar-refractivity contribution is 5.96. The van der Waals surface area contributed by atoms with Crippen molar-refractivity contribution in [3.05, 3.63) is 35.4 Å². The van der Waals surface area contributed by atoms with E-state index in [2.05, 4.69) is 10.6 Å². The second-order valence-corrected chi connectivity index (χ2v) is 11.7. The summed E-state index contributed by atoms with van der Waals surface area (Å²) < 4.78 is 0. The zero-order chi connectivity index (χ0) is 35.6. The number of hydrogen-bond donors (Lipinski definition) is 6. The molecule has 2 rings (SSSR count). The minimum absolute atomic E-state index is 0.0134. The summed E-state index contributed by atoms with van der Waals surface area (Å²) in [7, 11) is 0. The topological polar surface area (TPSA) is 237 Å². The van der Waals surface area contributed by atoms with E-state index in [1.807, 2.05) is 4.90 Å². The first-order chi connectivity index (χ1) is 22.7. The lowest BCUT2D eigenvalue weighted by molar-refractivity contribution is -0.140. The highest BCUT2D eigenvalue weighted by Crippen LogP contribution is 2.08. The lowest BCUT2D eigenvalue weighted by atomic mass is 10.1. The van der Waals surface area contributed by atoms with E-state index in [4.69, 9.17) is 0 Å². The van der Waals surface area contributed by atoms with Gasteiger partial charge in [0.1, 0.15) is 11.8 Å². The van der Waals surface area contributed by atoms with Gasteiger partial charge in [0, 0.05) is 70.9 Å². The summed E-state index contributed by atoms with van der Waals surface area (Å²) in [5, 5.41) is 42.6. The number of carboxylic acid groups (broad SMARTS) is 4. The number of carbonyl (C=O) groups is 7. The summed E-state index contributed by atoms with van der Waals surface area (Å²) in [6.45, 7) is 3.17. The van der Waals surface area contributed by atoms with Crippen LogP contribution in [0.15, 0.2) is 24.3 Å². The van der Waals surface area contributed by atoms with Gasteiger partial charge in [-0.15, -0.1) is 0 Å². The fourth-order valence-electron chi connectivity index (χ4n) is 5.06. The van der Waals surface area contributed by atoms with E-state index >= 15 is 0 Å². The smallest absolute Gasteiger partial charge is 0.326 e.